The smallest absolute Gasteiger partial charge is 0.0162 e. The molecule has 1 aromatic rings. The van der Waals surface area contributed by atoms with Gasteiger partial charge in [-0.05, 0) is 62.5 Å². The molecule has 1 nitrogen and oxygen atoms in total. The van der Waals surface area contributed by atoms with Crippen molar-refractivity contribution in [2.24, 2.45) is 11.8 Å². The lowest BCUT2D eigenvalue weighted by Crippen LogP contribution is -2.46. The van der Waals surface area contributed by atoms with Gasteiger partial charge in [-0.25, -0.2) is 0 Å². The van der Waals surface area contributed by atoms with Crippen LogP contribution in [0.15, 0.2) is 24.3 Å². The van der Waals surface area contributed by atoms with Crippen molar-refractivity contribution in [3.8, 4) is 0 Å². The van der Waals surface area contributed by atoms with Gasteiger partial charge in [0.1, 0.15) is 0 Å². The largest absolute Gasteiger partial charge is 0.297 e. The minimum absolute atomic E-state index is 0.825. The average Bonchev–Trinajstić information content (AvgIpc) is 3.02. The Balaban J connectivity index is 1.63. The highest BCUT2D eigenvalue weighted by molar-refractivity contribution is 5.28. The van der Waals surface area contributed by atoms with E-state index in [0.717, 1.165) is 29.8 Å². The topological polar surface area (TPSA) is 3.24 Å². The molecule has 114 valence electrons. The fourth-order valence-electron chi connectivity index (χ4n) is 5.62. The van der Waals surface area contributed by atoms with Gasteiger partial charge in [-0.2, -0.15) is 0 Å². The van der Waals surface area contributed by atoms with Crippen LogP contribution in [0.3, 0.4) is 0 Å². The summed E-state index contributed by atoms with van der Waals surface area (Å²) < 4.78 is 0. The van der Waals surface area contributed by atoms with Crippen molar-refractivity contribution in [3.63, 3.8) is 0 Å². The van der Waals surface area contributed by atoms with Crippen LogP contribution in [0.25, 0.3) is 0 Å². The summed E-state index contributed by atoms with van der Waals surface area (Å²) in [4.78, 5) is 2.90. The van der Waals surface area contributed by atoms with Gasteiger partial charge < -0.3 is 0 Å². The van der Waals surface area contributed by atoms with E-state index in [1.165, 1.54) is 50.6 Å². The van der Waals surface area contributed by atoms with Crippen LogP contribution in [0.2, 0.25) is 0 Å². The van der Waals surface area contributed by atoms with Gasteiger partial charge in [-0.3, -0.25) is 4.90 Å². The Morgan fingerprint density at radius 2 is 1.95 bits per heavy atom. The molecule has 0 aliphatic carbocycles. The lowest BCUT2D eigenvalue weighted by molar-refractivity contribution is 0.0885. The van der Waals surface area contributed by atoms with E-state index in [1.54, 1.807) is 5.56 Å². The zero-order valence-corrected chi connectivity index (χ0v) is 13.6. The zero-order chi connectivity index (χ0) is 14.4. The molecule has 3 heterocycles. The van der Waals surface area contributed by atoms with Crippen LogP contribution in [-0.2, 0) is 0 Å². The Morgan fingerprint density at radius 3 is 2.71 bits per heavy atom. The number of hydrogen-bond acceptors (Lipinski definition) is 1. The quantitative estimate of drug-likeness (QED) is 0.770. The molecule has 6 atom stereocenters. The van der Waals surface area contributed by atoms with Gasteiger partial charge in [0, 0.05) is 12.1 Å². The molecule has 0 radical (unpaired) electrons. The van der Waals surface area contributed by atoms with E-state index in [1.807, 2.05) is 0 Å². The SMILES string of the molecule is CCCC[C@@H]1[C@H]2[C@@H]3CCN2[C@@H](C3)C[C@H]1c1ccc(C)cc1. The van der Waals surface area contributed by atoms with Crippen LogP contribution in [0.1, 0.15) is 62.5 Å². The number of rotatable bonds is 4. The Kier molecular flexibility index (Phi) is 3.57. The van der Waals surface area contributed by atoms with E-state index in [4.69, 9.17) is 0 Å². The summed E-state index contributed by atoms with van der Waals surface area (Å²) in [5, 5.41) is 0. The van der Waals surface area contributed by atoms with Gasteiger partial charge in [0.25, 0.3) is 0 Å². The van der Waals surface area contributed by atoms with Crippen LogP contribution in [0.5, 0.6) is 0 Å². The molecule has 1 aromatic carbocycles. The molecule has 0 amide bonds. The molecule has 0 saturated carbocycles. The number of hydrogen-bond donors (Lipinski definition) is 0. The zero-order valence-electron chi connectivity index (χ0n) is 13.6. The Labute approximate surface area is 129 Å². The molecule has 4 rings (SSSR count). The van der Waals surface area contributed by atoms with Gasteiger partial charge in [0.2, 0.25) is 0 Å². The molecular formula is C20H29N. The minimum Gasteiger partial charge on any atom is -0.297 e. The molecule has 0 N–H and O–H groups in total. The van der Waals surface area contributed by atoms with Crippen molar-refractivity contribution < 1.29 is 0 Å². The molecule has 3 aliphatic heterocycles. The second kappa shape index (κ2) is 5.43. The fourth-order valence-corrected chi connectivity index (χ4v) is 5.62. The fraction of sp³-hybridized carbons (Fsp3) is 0.700. The predicted octanol–water partition coefficient (Wildman–Crippen LogP) is 4.75. The second-order valence-electron chi connectivity index (χ2n) is 7.73. The van der Waals surface area contributed by atoms with Gasteiger partial charge in [-0.15, -0.1) is 0 Å². The number of piperidine rings is 2. The molecular weight excluding hydrogens is 254 g/mol. The Morgan fingerprint density at radius 1 is 1.14 bits per heavy atom. The normalized spacial score (nSPS) is 40.7. The van der Waals surface area contributed by atoms with Crippen LogP contribution in [0, 0.1) is 18.8 Å². The van der Waals surface area contributed by atoms with Crippen molar-refractivity contribution in [1.29, 1.82) is 0 Å². The van der Waals surface area contributed by atoms with E-state index in [-0.39, 0.29) is 0 Å². The number of aryl methyl sites for hydroxylation is 1. The van der Waals surface area contributed by atoms with Gasteiger partial charge in [0.05, 0.1) is 0 Å². The first kappa shape index (κ1) is 13.8. The van der Waals surface area contributed by atoms with Crippen molar-refractivity contribution >= 4 is 0 Å². The molecule has 1 unspecified atom stereocenters. The van der Waals surface area contributed by atoms with E-state index in [9.17, 15) is 0 Å². The summed E-state index contributed by atoms with van der Waals surface area (Å²) in [6, 6.07) is 11.3. The first-order valence-corrected chi connectivity index (χ1v) is 9.10. The van der Waals surface area contributed by atoms with Crippen molar-refractivity contribution in [2.75, 3.05) is 6.54 Å². The average molecular weight is 283 g/mol. The van der Waals surface area contributed by atoms with Crippen LogP contribution >= 0.6 is 0 Å². The molecule has 0 spiro atoms. The van der Waals surface area contributed by atoms with Crippen molar-refractivity contribution in [2.45, 2.75) is 70.4 Å². The third kappa shape index (κ3) is 2.25. The van der Waals surface area contributed by atoms with Crippen LogP contribution in [-0.4, -0.2) is 23.5 Å². The molecule has 4 bridgehead atoms. The van der Waals surface area contributed by atoms with E-state index in [2.05, 4.69) is 43.0 Å². The molecule has 3 aliphatic rings. The lowest BCUT2D eigenvalue weighted by atomic mass is 9.73. The molecule has 0 aromatic heterocycles. The monoisotopic (exact) mass is 283 g/mol. The summed E-state index contributed by atoms with van der Waals surface area (Å²) in [6.07, 6.45) is 8.59. The second-order valence-corrected chi connectivity index (χ2v) is 7.73. The molecule has 3 fully saturated rings. The third-order valence-corrected chi connectivity index (χ3v) is 6.55. The summed E-state index contributed by atoms with van der Waals surface area (Å²) >= 11 is 0. The Hall–Kier alpha value is -0.820. The predicted molar refractivity (Wildman–Crippen MR) is 88.6 cm³/mol. The van der Waals surface area contributed by atoms with Crippen molar-refractivity contribution in [1.82, 2.24) is 4.90 Å². The maximum absolute atomic E-state index is 2.90. The van der Waals surface area contributed by atoms with Crippen molar-refractivity contribution in [3.05, 3.63) is 35.4 Å². The van der Waals surface area contributed by atoms with Gasteiger partial charge >= 0.3 is 0 Å². The number of unbranched alkanes of at least 4 members (excludes halogenated alkanes) is 1. The third-order valence-electron chi connectivity index (χ3n) is 6.55. The van der Waals surface area contributed by atoms with E-state index < -0.39 is 0 Å². The first-order valence-electron chi connectivity index (χ1n) is 9.10. The van der Waals surface area contributed by atoms with Gasteiger partial charge in [0.15, 0.2) is 0 Å². The molecule has 1 heteroatoms. The van der Waals surface area contributed by atoms with Crippen LogP contribution in [0.4, 0.5) is 0 Å². The highest BCUT2D eigenvalue weighted by atomic mass is 15.3. The van der Waals surface area contributed by atoms with E-state index in [0.29, 0.717) is 0 Å². The van der Waals surface area contributed by atoms with Gasteiger partial charge in [-0.1, -0.05) is 49.6 Å². The highest BCUT2D eigenvalue weighted by Crippen LogP contribution is 2.54. The van der Waals surface area contributed by atoms with Crippen LogP contribution < -0.4 is 0 Å². The number of benzene rings is 1. The molecule has 3 saturated heterocycles. The summed E-state index contributed by atoms with van der Waals surface area (Å²) in [5.74, 6) is 2.76. The Bertz CT molecular complexity index is 491. The summed E-state index contributed by atoms with van der Waals surface area (Å²) in [7, 11) is 0. The summed E-state index contributed by atoms with van der Waals surface area (Å²) in [5.41, 5.74) is 3.02. The maximum Gasteiger partial charge on any atom is 0.0162 e. The van der Waals surface area contributed by atoms with E-state index >= 15 is 0 Å². The maximum atomic E-state index is 2.90. The number of nitrogens with zero attached hydrogens (tertiary/aromatic N) is 1. The first-order chi connectivity index (χ1) is 10.3. The lowest BCUT2D eigenvalue weighted by Gasteiger charge is -2.43. The standard InChI is InChI=1S/C20H29N/c1-3-4-5-18-19(15-8-6-14(2)7-9-15)13-17-12-16-10-11-21(17)20(16)18/h6-9,16-20H,3-5,10-13H2,1-2H3/t16-,17+,18+,19+,20-/m1/s1. The summed E-state index contributed by atoms with van der Waals surface area (Å²) in [6.45, 7) is 5.94. The highest BCUT2D eigenvalue weighted by Gasteiger charge is 2.54. The minimum atomic E-state index is 0.825. The molecule has 21 heavy (non-hydrogen) atoms.